The van der Waals surface area contributed by atoms with E-state index in [4.69, 9.17) is 26.5 Å². The second kappa shape index (κ2) is 12.3. The number of aromatic nitrogens is 4. The van der Waals surface area contributed by atoms with E-state index in [0.29, 0.717) is 33.6 Å². The Morgan fingerprint density at radius 3 is 1.88 bits per heavy atom. The Morgan fingerprint density at radius 2 is 1.05 bits per heavy atom. The smallest absolute Gasteiger partial charge is 0.166 e. The number of rotatable bonds is 5. The molecule has 0 aliphatic carbocycles. The van der Waals surface area contributed by atoms with Crippen LogP contribution in [0.1, 0.15) is 9.60 Å². The van der Waals surface area contributed by atoms with Crippen molar-refractivity contribution in [1.82, 2.24) is 19.5 Å². The summed E-state index contributed by atoms with van der Waals surface area (Å²) in [5, 5.41) is 3.69. The molecule has 0 N–H and O–H groups in total. The van der Waals surface area contributed by atoms with Crippen LogP contribution in [0.4, 0.5) is 0 Å². The van der Waals surface area contributed by atoms with Gasteiger partial charge in [-0.15, -0.1) is 0 Å². The summed E-state index contributed by atoms with van der Waals surface area (Å²) in [5.74, 6) is 0.535. The SMILES string of the molecule is [2H]c1c([2H])c([2H])c2c(c1[2H])c1c([2H])c([2H])c([2H])c(-c3nc(-c4ccccc4)nc(-c4ccc5c(c4)oc4ccccc45)n3)c1n2-c1cc(-c2ccccc2)c2c(c1)oc1ccccc12. The predicted octanol–water partition coefficient (Wildman–Crippen LogP) is 13.4. The minimum absolute atomic E-state index is 0.00413. The fraction of sp³-hybridized carbons (Fsp3) is 0. The zero-order chi connectivity index (χ0) is 43.5. The number of hydrogen-bond donors (Lipinski definition) is 0. The van der Waals surface area contributed by atoms with Gasteiger partial charge in [-0.2, -0.15) is 0 Å². The van der Waals surface area contributed by atoms with Crippen LogP contribution in [0.3, 0.4) is 0 Å². The molecule has 0 aliphatic rings. The van der Waals surface area contributed by atoms with Crippen molar-refractivity contribution in [3.63, 3.8) is 0 Å². The van der Waals surface area contributed by atoms with Gasteiger partial charge in [0.15, 0.2) is 17.5 Å². The van der Waals surface area contributed by atoms with Gasteiger partial charge in [0, 0.05) is 55.1 Å². The van der Waals surface area contributed by atoms with E-state index < -0.39 is 18.1 Å². The fourth-order valence-electron chi connectivity index (χ4n) is 8.00. The van der Waals surface area contributed by atoms with Gasteiger partial charge in [-0.1, -0.05) is 133 Å². The van der Waals surface area contributed by atoms with E-state index in [1.807, 2.05) is 140 Å². The maximum Gasteiger partial charge on any atom is 0.166 e. The second-order valence-corrected chi connectivity index (χ2v) is 13.8. The number of hydrogen-bond acceptors (Lipinski definition) is 5. The molecule has 57 heavy (non-hydrogen) atoms. The minimum Gasteiger partial charge on any atom is -0.456 e. The number of furan rings is 2. The first-order chi connectivity index (χ1) is 31.2. The Kier molecular flexibility index (Phi) is 5.48. The van der Waals surface area contributed by atoms with Crippen molar-refractivity contribution in [2.75, 3.05) is 0 Å². The van der Waals surface area contributed by atoms with E-state index in [1.54, 1.807) is 4.57 Å². The van der Waals surface area contributed by atoms with Crippen LogP contribution in [0.25, 0.3) is 117 Å². The van der Waals surface area contributed by atoms with E-state index in [1.165, 1.54) is 0 Å². The first-order valence-corrected chi connectivity index (χ1v) is 18.4. The maximum absolute atomic E-state index is 9.66. The molecule has 0 unspecified atom stereocenters. The highest BCUT2D eigenvalue weighted by atomic mass is 16.3. The molecule has 4 heterocycles. The third kappa shape index (κ3) is 4.94. The number of benzene rings is 8. The molecule has 12 rings (SSSR count). The zero-order valence-corrected chi connectivity index (χ0v) is 29.9. The van der Waals surface area contributed by atoms with Gasteiger partial charge in [-0.3, -0.25) is 0 Å². The Hall–Kier alpha value is -7.83. The van der Waals surface area contributed by atoms with Gasteiger partial charge in [-0.05, 0) is 53.5 Å². The summed E-state index contributed by atoms with van der Waals surface area (Å²) in [6.07, 6.45) is 0. The predicted molar refractivity (Wildman–Crippen MR) is 230 cm³/mol. The fourth-order valence-corrected chi connectivity index (χ4v) is 8.00. The van der Waals surface area contributed by atoms with E-state index in [9.17, 15) is 6.85 Å². The monoisotopic (exact) mass is 737 g/mol. The lowest BCUT2D eigenvalue weighted by Crippen LogP contribution is -2.02. The molecule has 0 atom stereocenters. The standard InChI is InChI=1S/C51H30N4O2/c1-3-14-31(15-4-1)41-29-34(30-46-47(41)39-20-9-12-25-44(39)57-46)55-42-23-10-7-18-35(42)38-21-13-22-40(48(38)55)51-53-49(32-16-5-2-6-17-32)52-50(54-51)33-26-27-37-36-19-8-11-24-43(36)56-45(37)28-33/h1-30H/i7D,10D,13D,18D,21D,22D,23D. The number of nitrogens with zero attached hydrogens (tertiary/aromatic N) is 4. The van der Waals surface area contributed by atoms with Crippen molar-refractivity contribution in [3.8, 4) is 51.0 Å². The van der Waals surface area contributed by atoms with Crippen LogP contribution in [0.15, 0.2) is 191 Å². The molecule has 0 spiro atoms. The van der Waals surface area contributed by atoms with Crippen LogP contribution >= 0.6 is 0 Å². The summed E-state index contributed by atoms with van der Waals surface area (Å²) in [4.78, 5) is 15.0. The lowest BCUT2D eigenvalue weighted by atomic mass is 9.98. The summed E-state index contributed by atoms with van der Waals surface area (Å²) in [6, 6.07) is 41.1. The van der Waals surface area contributed by atoms with Crippen molar-refractivity contribution in [2.45, 2.75) is 0 Å². The van der Waals surface area contributed by atoms with Crippen LogP contribution in [-0.2, 0) is 0 Å². The summed E-state index contributed by atoms with van der Waals surface area (Å²) in [6.45, 7) is 0. The highest BCUT2D eigenvalue weighted by Crippen LogP contribution is 2.43. The summed E-state index contributed by atoms with van der Waals surface area (Å²) in [5.41, 5.74) is 6.13. The summed E-state index contributed by atoms with van der Waals surface area (Å²) < 4.78 is 79.2. The molecule has 0 fully saturated rings. The van der Waals surface area contributed by atoms with Gasteiger partial charge < -0.3 is 13.4 Å². The average molecular weight is 738 g/mol. The van der Waals surface area contributed by atoms with E-state index in [2.05, 4.69) is 0 Å². The Balaban J connectivity index is 1.24. The quantitative estimate of drug-likeness (QED) is 0.176. The van der Waals surface area contributed by atoms with Gasteiger partial charge >= 0.3 is 0 Å². The molecule has 4 aromatic heterocycles. The van der Waals surface area contributed by atoms with Gasteiger partial charge in [0.05, 0.1) is 26.3 Å². The van der Waals surface area contributed by atoms with E-state index in [-0.39, 0.29) is 69.0 Å². The highest BCUT2D eigenvalue weighted by Gasteiger charge is 2.22. The molecule has 6 heteroatoms. The van der Waals surface area contributed by atoms with Crippen molar-refractivity contribution < 1.29 is 18.4 Å². The molecule has 266 valence electrons. The molecule has 0 amide bonds. The van der Waals surface area contributed by atoms with Gasteiger partial charge in [0.1, 0.15) is 22.3 Å². The Bertz CT molecular complexity index is 3940. The topological polar surface area (TPSA) is 69.9 Å². The lowest BCUT2D eigenvalue weighted by molar-refractivity contribution is 0.668. The highest BCUT2D eigenvalue weighted by molar-refractivity contribution is 6.16. The van der Waals surface area contributed by atoms with Crippen molar-refractivity contribution in [1.29, 1.82) is 0 Å². The van der Waals surface area contributed by atoms with Crippen LogP contribution < -0.4 is 0 Å². The second-order valence-electron chi connectivity index (χ2n) is 13.8. The van der Waals surface area contributed by atoms with Gasteiger partial charge in [0.2, 0.25) is 0 Å². The molecular formula is C51H30N4O2. The minimum atomic E-state index is -0.494. The summed E-state index contributed by atoms with van der Waals surface area (Å²) >= 11 is 0. The molecule has 0 saturated carbocycles. The van der Waals surface area contributed by atoms with Crippen molar-refractivity contribution >= 4 is 65.7 Å². The largest absolute Gasteiger partial charge is 0.456 e. The van der Waals surface area contributed by atoms with Crippen LogP contribution in [-0.4, -0.2) is 19.5 Å². The molecule has 12 aromatic rings. The van der Waals surface area contributed by atoms with Crippen LogP contribution in [0.5, 0.6) is 0 Å². The van der Waals surface area contributed by atoms with Gasteiger partial charge in [-0.25, -0.2) is 15.0 Å². The molecule has 0 radical (unpaired) electrons. The van der Waals surface area contributed by atoms with Crippen LogP contribution in [0.2, 0.25) is 0 Å². The Morgan fingerprint density at radius 1 is 0.421 bits per heavy atom. The number of para-hydroxylation sites is 4. The molecule has 0 aliphatic heterocycles. The van der Waals surface area contributed by atoms with Crippen LogP contribution in [0, 0.1) is 0 Å². The maximum atomic E-state index is 9.66. The van der Waals surface area contributed by atoms with E-state index >= 15 is 0 Å². The molecular weight excluding hydrogens is 701 g/mol. The Labute approximate surface area is 335 Å². The number of fused-ring (bicyclic) bond motifs is 9. The molecule has 6 nitrogen and oxygen atoms in total. The average Bonchev–Trinajstić information content (AvgIpc) is 4.02. The van der Waals surface area contributed by atoms with Gasteiger partial charge in [0.25, 0.3) is 0 Å². The van der Waals surface area contributed by atoms with Crippen molar-refractivity contribution in [3.05, 3.63) is 182 Å². The molecule has 8 aromatic carbocycles. The van der Waals surface area contributed by atoms with Crippen molar-refractivity contribution in [2.24, 2.45) is 0 Å². The zero-order valence-electron chi connectivity index (χ0n) is 36.9. The molecule has 0 saturated heterocycles. The summed E-state index contributed by atoms with van der Waals surface area (Å²) in [7, 11) is 0. The first-order valence-electron chi connectivity index (χ1n) is 21.9. The van der Waals surface area contributed by atoms with E-state index in [0.717, 1.165) is 38.3 Å². The first kappa shape index (κ1) is 25.3. The third-order valence-electron chi connectivity index (χ3n) is 10.5. The normalized spacial score (nSPS) is 13.6. The lowest BCUT2D eigenvalue weighted by Gasteiger charge is -2.14. The molecule has 0 bridgehead atoms. The third-order valence-corrected chi connectivity index (χ3v) is 10.5.